The number of amides is 1. The zero-order valence-electron chi connectivity index (χ0n) is 20.6. The fourth-order valence-corrected chi connectivity index (χ4v) is 4.26. The minimum atomic E-state index is -1.12. The molecule has 0 bridgehead atoms. The maximum atomic E-state index is 13.4. The monoisotopic (exact) mass is 509 g/mol. The summed E-state index contributed by atoms with van der Waals surface area (Å²) in [6.45, 7) is 3.43. The third kappa shape index (κ3) is 4.69. The van der Waals surface area contributed by atoms with Gasteiger partial charge in [-0.2, -0.15) is 0 Å². The van der Waals surface area contributed by atoms with Crippen LogP contribution < -0.4 is 5.32 Å². The van der Waals surface area contributed by atoms with Gasteiger partial charge in [0, 0.05) is 23.1 Å². The van der Waals surface area contributed by atoms with Crippen LogP contribution in [0.15, 0.2) is 83.3 Å². The van der Waals surface area contributed by atoms with Gasteiger partial charge in [-0.15, -0.1) is 0 Å². The van der Waals surface area contributed by atoms with E-state index in [2.05, 4.69) is 10.3 Å². The Bertz CT molecular complexity index is 1670. The van der Waals surface area contributed by atoms with Crippen molar-refractivity contribution in [2.75, 3.05) is 5.32 Å². The number of carbonyl (C=O) groups excluding carboxylic acids is 2. The van der Waals surface area contributed by atoms with Crippen LogP contribution in [0.1, 0.15) is 29.3 Å². The zero-order chi connectivity index (χ0) is 26.8. The van der Waals surface area contributed by atoms with Gasteiger partial charge < -0.3 is 14.5 Å². The first kappa shape index (κ1) is 24.6. The molecule has 1 heterocycles. The van der Waals surface area contributed by atoms with Crippen LogP contribution in [0.2, 0.25) is 0 Å². The molecule has 0 radical (unpaired) electrons. The second kappa shape index (κ2) is 10.1. The number of aromatic nitrogens is 1. The molecule has 0 saturated heterocycles. The average molecular weight is 510 g/mol. The number of nitro benzene ring substituents is 1. The highest BCUT2D eigenvalue weighted by Crippen LogP contribution is 2.33. The van der Waals surface area contributed by atoms with E-state index < -0.39 is 22.9 Å². The van der Waals surface area contributed by atoms with Crippen molar-refractivity contribution >= 4 is 45.1 Å². The van der Waals surface area contributed by atoms with Gasteiger partial charge in [0.05, 0.1) is 16.2 Å². The summed E-state index contributed by atoms with van der Waals surface area (Å²) >= 11 is 0. The van der Waals surface area contributed by atoms with Gasteiger partial charge >= 0.3 is 5.97 Å². The molecule has 1 N–H and O–H groups in total. The van der Waals surface area contributed by atoms with Gasteiger partial charge in [0.1, 0.15) is 5.52 Å². The molecule has 5 rings (SSSR count). The first-order chi connectivity index (χ1) is 18.4. The molecule has 0 aliphatic heterocycles. The molecule has 0 spiro atoms. The van der Waals surface area contributed by atoms with Crippen LogP contribution in [0.25, 0.3) is 33.3 Å². The predicted molar refractivity (Wildman–Crippen MR) is 143 cm³/mol. The molecule has 38 heavy (non-hydrogen) atoms. The molecular formula is C29H23N3O6. The number of carbonyl (C=O) groups is 2. The van der Waals surface area contributed by atoms with Crippen molar-refractivity contribution in [2.45, 2.75) is 26.4 Å². The van der Waals surface area contributed by atoms with Crippen LogP contribution in [-0.4, -0.2) is 27.9 Å². The van der Waals surface area contributed by atoms with Crippen LogP contribution in [0.4, 0.5) is 11.4 Å². The lowest BCUT2D eigenvalue weighted by Gasteiger charge is -2.18. The Balaban J connectivity index is 1.46. The molecule has 9 nitrogen and oxygen atoms in total. The molecular weight excluding hydrogens is 486 g/mol. The minimum Gasteiger partial charge on any atom is -0.449 e. The van der Waals surface area contributed by atoms with Gasteiger partial charge in [-0.3, -0.25) is 14.9 Å². The van der Waals surface area contributed by atoms with Gasteiger partial charge in [0.25, 0.3) is 11.6 Å². The fourth-order valence-electron chi connectivity index (χ4n) is 4.26. The van der Waals surface area contributed by atoms with E-state index >= 15 is 0 Å². The molecule has 0 aliphatic carbocycles. The Hall–Kier alpha value is -5.05. The number of esters is 1. The molecule has 5 aromatic rings. The number of hydrogen-bond donors (Lipinski definition) is 1. The van der Waals surface area contributed by atoms with Crippen LogP contribution in [0.5, 0.6) is 0 Å². The van der Waals surface area contributed by atoms with Crippen LogP contribution in [-0.2, 0) is 9.53 Å². The van der Waals surface area contributed by atoms with Crippen molar-refractivity contribution in [3.63, 3.8) is 0 Å². The summed E-state index contributed by atoms with van der Waals surface area (Å²) in [6.07, 6.45) is -0.915. The number of nitrogens with zero attached hydrogens (tertiary/aromatic N) is 2. The summed E-state index contributed by atoms with van der Waals surface area (Å²) in [5.41, 5.74) is 2.97. The van der Waals surface area contributed by atoms with Crippen molar-refractivity contribution in [1.29, 1.82) is 0 Å². The molecule has 0 saturated carbocycles. The van der Waals surface area contributed by atoms with Crippen molar-refractivity contribution in [3.8, 4) is 11.5 Å². The third-order valence-corrected chi connectivity index (χ3v) is 6.25. The maximum absolute atomic E-state index is 13.4. The van der Waals surface area contributed by atoms with E-state index in [4.69, 9.17) is 9.15 Å². The lowest BCUT2D eigenvalue weighted by atomic mass is 9.99. The lowest BCUT2D eigenvalue weighted by Crippen LogP contribution is -2.32. The van der Waals surface area contributed by atoms with E-state index in [1.54, 1.807) is 32.0 Å². The highest BCUT2D eigenvalue weighted by atomic mass is 16.6. The van der Waals surface area contributed by atoms with Crippen LogP contribution in [0.3, 0.4) is 0 Å². The number of non-ortho nitro benzene ring substituents is 1. The van der Waals surface area contributed by atoms with Gasteiger partial charge in [0.15, 0.2) is 11.7 Å². The number of fused-ring (bicyclic) bond motifs is 2. The standard InChI is InChI=1S/C29H23N3O6/c1-3-24(27(33)30-23-16-19(32(35)36)15-14-17(23)2)38-29(34)21-11-7-9-18-8-6-10-20(26(18)21)28-31-22-12-4-5-13-25(22)37-28/h4-16,24H,3H2,1-2H3,(H,30,33). The van der Waals surface area contributed by atoms with Crippen molar-refractivity contribution < 1.29 is 23.7 Å². The first-order valence-electron chi connectivity index (χ1n) is 12.0. The molecule has 0 aliphatic rings. The Morgan fingerprint density at radius 2 is 1.82 bits per heavy atom. The number of aryl methyl sites for hydroxylation is 1. The number of anilines is 1. The van der Waals surface area contributed by atoms with E-state index in [-0.39, 0.29) is 23.4 Å². The Morgan fingerprint density at radius 3 is 2.55 bits per heavy atom. The topological polar surface area (TPSA) is 125 Å². The number of rotatable bonds is 7. The van der Waals surface area contributed by atoms with Crippen molar-refractivity contribution in [2.24, 2.45) is 0 Å². The first-order valence-corrected chi connectivity index (χ1v) is 12.0. The third-order valence-electron chi connectivity index (χ3n) is 6.25. The van der Waals surface area contributed by atoms with E-state index in [9.17, 15) is 19.7 Å². The number of nitro groups is 1. The highest BCUT2D eigenvalue weighted by molar-refractivity contribution is 6.11. The van der Waals surface area contributed by atoms with Crippen molar-refractivity contribution in [3.05, 3.63) is 100 Å². The maximum Gasteiger partial charge on any atom is 0.339 e. The van der Waals surface area contributed by atoms with E-state index in [1.807, 2.05) is 48.5 Å². The molecule has 1 amide bonds. The number of hydrogen-bond acceptors (Lipinski definition) is 7. The average Bonchev–Trinajstić information content (AvgIpc) is 3.36. The minimum absolute atomic E-state index is 0.154. The van der Waals surface area contributed by atoms with E-state index in [1.165, 1.54) is 12.1 Å². The predicted octanol–water partition coefficient (Wildman–Crippen LogP) is 6.44. The summed E-state index contributed by atoms with van der Waals surface area (Å²) in [7, 11) is 0. The smallest absolute Gasteiger partial charge is 0.339 e. The Kier molecular flexibility index (Phi) is 6.57. The molecule has 1 atom stereocenters. The summed E-state index contributed by atoms with van der Waals surface area (Å²) in [4.78, 5) is 41.6. The number of benzene rings is 4. The van der Waals surface area contributed by atoms with Gasteiger partial charge in [-0.1, -0.05) is 49.4 Å². The van der Waals surface area contributed by atoms with E-state index in [0.29, 0.717) is 33.5 Å². The highest BCUT2D eigenvalue weighted by Gasteiger charge is 2.25. The summed E-state index contributed by atoms with van der Waals surface area (Å²) in [5, 5.41) is 15.2. The fraction of sp³-hybridized carbons (Fsp3) is 0.138. The quantitative estimate of drug-likeness (QED) is 0.152. The van der Waals surface area contributed by atoms with Gasteiger partial charge in [-0.25, -0.2) is 9.78 Å². The SMILES string of the molecule is CCC(OC(=O)c1cccc2cccc(-c3nc4ccccc4o3)c12)C(=O)Nc1cc([N+](=O)[O-])ccc1C. The molecule has 4 aromatic carbocycles. The van der Waals surface area contributed by atoms with Crippen LogP contribution >= 0.6 is 0 Å². The lowest BCUT2D eigenvalue weighted by molar-refractivity contribution is -0.384. The number of ether oxygens (including phenoxy) is 1. The summed E-state index contributed by atoms with van der Waals surface area (Å²) in [6, 6.07) is 22.3. The largest absolute Gasteiger partial charge is 0.449 e. The Morgan fingerprint density at radius 1 is 1.05 bits per heavy atom. The number of oxazole rings is 1. The van der Waals surface area contributed by atoms with Crippen molar-refractivity contribution in [1.82, 2.24) is 4.98 Å². The summed E-state index contributed by atoms with van der Waals surface area (Å²) in [5.74, 6) is -0.899. The molecule has 1 aromatic heterocycles. The van der Waals surface area contributed by atoms with Gasteiger partial charge in [0.2, 0.25) is 5.89 Å². The van der Waals surface area contributed by atoms with Crippen LogP contribution in [0, 0.1) is 17.0 Å². The number of nitrogens with one attached hydrogen (secondary N) is 1. The van der Waals surface area contributed by atoms with E-state index in [0.717, 1.165) is 5.39 Å². The molecule has 0 fully saturated rings. The zero-order valence-corrected chi connectivity index (χ0v) is 20.6. The molecule has 9 heteroatoms. The van der Waals surface area contributed by atoms with Gasteiger partial charge in [-0.05, 0) is 48.6 Å². The second-order valence-corrected chi connectivity index (χ2v) is 8.74. The molecule has 190 valence electrons. The second-order valence-electron chi connectivity index (χ2n) is 8.74. The number of para-hydroxylation sites is 2. The normalized spacial score (nSPS) is 11.8. The molecule has 1 unspecified atom stereocenters. The Labute approximate surface area is 217 Å². The summed E-state index contributed by atoms with van der Waals surface area (Å²) < 4.78 is 11.6.